The smallest absolute Gasteiger partial charge is 0.261 e. The lowest BCUT2D eigenvalue weighted by Crippen LogP contribution is -2.04. The first kappa shape index (κ1) is 10.3. The Hall–Kier alpha value is -0.740. The van der Waals surface area contributed by atoms with E-state index in [0.717, 1.165) is 5.56 Å². The predicted molar refractivity (Wildman–Crippen MR) is 44.9 cm³/mol. The van der Waals surface area contributed by atoms with E-state index in [2.05, 4.69) is 9.72 Å². The fraction of sp³-hybridized carbons (Fsp3) is 0.375. The van der Waals surface area contributed by atoms with Crippen molar-refractivity contribution in [3.8, 4) is 0 Å². The second-order valence-electron chi connectivity index (χ2n) is 2.40. The highest BCUT2D eigenvalue weighted by Gasteiger charge is 2.01. The minimum Gasteiger partial charge on any atom is -0.371 e. The van der Waals surface area contributed by atoms with Gasteiger partial charge in [-0.25, -0.2) is 13.8 Å². The number of alkyl halides is 2. The number of rotatable bonds is 4. The van der Waals surface area contributed by atoms with Crippen LogP contribution in [0, 0.1) is 0 Å². The summed E-state index contributed by atoms with van der Waals surface area (Å²) in [5, 5.41) is 0.373. The zero-order valence-electron chi connectivity index (χ0n) is 6.71. The van der Waals surface area contributed by atoms with Crippen LogP contribution in [0.3, 0.4) is 0 Å². The molecule has 0 radical (unpaired) electrons. The lowest BCUT2D eigenvalue weighted by Gasteiger charge is -2.02. The number of ether oxygens (including phenoxy) is 1. The van der Waals surface area contributed by atoms with Gasteiger partial charge in [-0.2, -0.15) is 0 Å². The van der Waals surface area contributed by atoms with Crippen LogP contribution in [0.25, 0.3) is 0 Å². The molecule has 0 aliphatic carbocycles. The fourth-order valence-electron chi connectivity index (χ4n) is 0.758. The first-order chi connectivity index (χ1) is 6.18. The zero-order chi connectivity index (χ0) is 9.68. The summed E-state index contributed by atoms with van der Waals surface area (Å²) in [6.45, 7) is -0.420. The molecule has 0 aromatic carbocycles. The fourth-order valence-corrected chi connectivity index (χ4v) is 0.869. The molecule has 5 heteroatoms. The van der Waals surface area contributed by atoms with Gasteiger partial charge in [0.05, 0.1) is 6.61 Å². The molecule has 1 aromatic rings. The third kappa shape index (κ3) is 4.15. The van der Waals surface area contributed by atoms with Gasteiger partial charge in [-0.3, -0.25) is 0 Å². The van der Waals surface area contributed by atoms with Gasteiger partial charge in [0.25, 0.3) is 6.43 Å². The van der Waals surface area contributed by atoms with Crippen molar-refractivity contribution in [1.82, 2.24) is 4.98 Å². The van der Waals surface area contributed by atoms with Gasteiger partial charge in [0, 0.05) is 6.20 Å². The zero-order valence-corrected chi connectivity index (χ0v) is 7.47. The summed E-state index contributed by atoms with van der Waals surface area (Å²) in [7, 11) is 0. The van der Waals surface area contributed by atoms with E-state index in [1.165, 1.54) is 6.20 Å². The van der Waals surface area contributed by atoms with Crippen molar-refractivity contribution in [3.05, 3.63) is 29.0 Å². The highest BCUT2D eigenvalue weighted by atomic mass is 35.5. The van der Waals surface area contributed by atoms with Crippen LogP contribution in [-0.2, 0) is 11.3 Å². The van der Waals surface area contributed by atoms with Crippen LogP contribution < -0.4 is 0 Å². The van der Waals surface area contributed by atoms with E-state index < -0.39 is 13.0 Å². The van der Waals surface area contributed by atoms with Crippen LogP contribution in [0.15, 0.2) is 18.3 Å². The Morgan fingerprint density at radius 2 is 2.23 bits per heavy atom. The van der Waals surface area contributed by atoms with Crippen LogP contribution in [0.2, 0.25) is 5.15 Å². The SMILES string of the molecule is FC(F)COCc1ccc(Cl)nc1. The summed E-state index contributed by atoms with van der Waals surface area (Å²) in [6.07, 6.45) is -0.936. The van der Waals surface area contributed by atoms with E-state index >= 15 is 0 Å². The minimum atomic E-state index is -2.43. The summed E-state index contributed by atoms with van der Waals surface area (Å²) in [4.78, 5) is 3.77. The highest BCUT2D eigenvalue weighted by molar-refractivity contribution is 6.29. The Kier molecular flexibility index (Phi) is 4.05. The largest absolute Gasteiger partial charge is 0.371 e. The van der Waals surface area contributed by atoms with E-state index in [9.17, 15) is 8.78 Å². The molecular formula is C8H8ClF2NO. The third-order valence-electron chi connectivity index (χ3n) is 1.30. The van der Waals surface area contributed by atoms with Gasteiger partial charge in [0.15, 0.2) is 0 Å². The van der Waals surface area contributed by atoms with Gasteiger partial charge in [-0.1, -0.05) is 17.7 Å². The Labute approximate surface area is 79.5 Å². The van der Waals surface area contributed by atoms with Crippen LogP contribution in [0.5, 0.6) is 0 Å². The van der Waals surface area contributed by atoms with Crippen molar-refractivity contribution in [1.29, 1.82) is 0 Å². The van der Waals surface area contributed by atoms with E-state index in [1.807, 2.05) is 0 Å². The van der Waals surface area contributed by atoms with Crippen molar-refractivity contribution in [3.63, 3.8) is 0 Å². The van der Waals surface area contributed by atoms with E-state index in [0.29, 0.717) is 5.15 Å². The van der Waals surface area contributed by atoms with Gasteiger partial charge in [-0.15, -0.1) is 0 Å². The van der Waals surface area contributed by atoms with Gasteiger partial charge >= 0.3 is 0 Å². The van der Waals surface area contributed by atoms with Gasteiger partial charge in [0.1, 0.15) is 11.8 Å². The second kappa shape index (κ2) is 5.09. The first-order valence-corrected chi connectivity index (χ1v) is 4.02. The molecule has 0 N–H and O–H groups in total. The molecule has 1 rings (SSSR count). The molecule has 0 bridgehead atoms. The Morgan fingerprint density at radius 3 is 2.77 bits per heavy atom. The molecule has 0 saturated carbocycles. The average Bonchev–Trinajstić information content (AvgIpc) is 2.08. The van der Waals surface area contributed by atoms with Crippen molar-refractivity contribution < 1.29 is 13.5 Å². The van der Waals surface area contributed by atoms with Crippen molar-refractivity contribution in [2.75, 3.05) is 6.61 Å². The topological polar surface area (TPSA) is 22.1 Å². The molecule has 0 unspecified atom stereocenters. The number of nitrogens with zero attached hydrogens (tertiary/aromatic N) is 1. The Balaban J connectivity index is 2.33. The standard InChI is InChI=1S/C8H8ClF2NO/c9-7-2-1-6(3-12-7)4-13-5-8(10)11/h1-3,8H,4-5H2. The van der Waals surface area contributed by atoms with Crippen LogP contribution in [0.4, 0.5) is 8.78 Å². The Morgan fingerprint density at radius 1 is 1.46 bits per heavy atom. The second-order valence-corrected chi connectivity index (χ2v) is 2.78. The summed E-state index contributed by atoms with van der Waals surface area (Å²) in [6, 6.07) is 3.27. The molecule has 0 fully saturated rings. The number of hydrogen-bond donors (Lipinski definition) is 0. The van der Waals surface area contributed by atoms with E-state index in [-0.39, 0.29) is 6.61 Å². The summed E-state index contributed by atoms with van der Waals surface area (Å²) < 4.78 is 28.0. The molecule has 0 aliphatic heterocycles. The normalized spacial score (nSPS) is 10.8. The number of halogens is 3. The molecule has 0 spiro atoms. The molecule has 1 aromatic heterocycles. The maximum atomic E-state index is 11.6. The predicted octanol–water partition coefficient (Wildman–Crippen LogP) is 2.52. The maximum Gasteiger partial charge on any atom is 0.261 e. The van der Waals surface area contributed by atoms with Crippen LogP contribution in [0.1, 0.15) is 5.56 Å². The summed E-state index contributed by atoms with van der Waals surface area (Å²) in [5.74, 6) is 0. The molecule has 0 atom stereocenters. The molecule has 72 valence electrons. The maximum absolute atomic E-state index is 11.6. The highest BCUT2D eigenvalue weighted by Crippen LogP contribution is 2.06. The van der Waals surface area contributed by atoms with Gasteiger partial charge < -0.3 is 4.74 Å². The first-order valence-electron chi connectivity index (χ1n) is 3.65. The molecule has 13 heavy (non-hydrogen) atoms. The minimum absolute atomic E-state index is 0.133. The van der Waals surface area contributed by atoms with Crippen molar-refractivity contribution in [2.24, 2.45) is 0 Å². The van der Waals surface area contributed by atoms with Gasteiger partial charge in [0.2, 0.25) is 0 Å². The number of pyridine rings is 1. The van der Waals surface area contributed by atoms with E-state index in [1.54, 1.807) is 12.1 Å². The lowest BCUT2D eigenvalue weighted by molar-refractivity contribution is 0.00980. The van der Waals surface area contributed by atoms with Crippen LogP contribution >= 0.6 is 11.6 Å². The van der Waals surface area contributed by atoms with E-state index in [4.69, 9.17) is 11.6 Å². The molecule has 0 amide bonds. The van der Waals surface area contributed by atoms with Crippen molar-refractivity contribution >= 4 is 11.6 Å². The molecule has 0 aliphatic rings. The number of aromatic nitrogens is 1. The summed E-state index contributed by atoms with van der Waals surface area (Å²) in [5.41, 5.74) is 0.727. The Bertz CT molecular complexity index is 253. The van der Waals surface area contributed by atoms with Crippen LogP contribution in [-0.4, -0.2) is 18.0 Å². The molecule has 2 nitrogen and oxygen atoms in total. The van der Waals surface area contributed by atoms with Gasteiger partial charge in [-0.05, 0) is 11.6 Å². The number of hydrogen-bond acceptors (Lipinski definition) is 2. The lowest BCUT2D eigenvalue weighted by atomic mass is 10.3. The third-order valence-corrected chi connectivity index (χ3v) is 1.52. The summed E-state index contributed by atoms with van der Waals surface area (Å²) >= 11 is 5.52. The monoisotopic (exact) mass is 207 g/mol. The molecule has 1 heterocycles. The molecule has 0 saturated heterocycles. The van der Waals surface area contributed by atoms with Crippen molar-refractivity contribution in [2.45, 2.75) is 13.0 Å². The quantitative estimate of drug-likeness (QED) is 0.708. The molecular weight excluding hydrogens is 200 g/mol. The average molecular weight is 208 g/mol.